The Labute approximate surface area is 226 Å². The summed E-state index contributed by atoms with van der Waals surface area (Å²) in [5, 5.41) is 0. The van der Waals surface area contributed by atoms with Gasteiger partial charge in [0.2, 0.25) is 11.8 Å². The molecule has 3 fully saturated rings. The number of amides is 2. The minimum atomic E-state index is -0.727. The summed E-state index contributed by atoms with van der Waals surface area (Å²) in [6.45, 7) is 17.4. The summed E-state index contributed by atoms with van der Waals surface area (Å²) in [6, 6.07) is 17.0. The number of piperazine rings is 1. The molecule has 6 heteroatoms. The third kappa shape index (κ3) is 1.85. The lowest BCUT2D eigenvalue weighted by Crippen LogP contribution is -2.81. The topological polar surface area (TPSA) is 47.1 Å². The van der Waals surface area contributed by atoms with E-state index in [4.69, 9.17) is 0 Å². The van der Waals surface area contributed by atoms with Crippen LogP contribution in [-0.2, 0) is 20.7 Å². The molecule has 2 amide bonds. The monoisotopic (exact) mass is 512 g/mol. The minimum Gasteiger partial charge on any atom is -0.352 e. The first-order valence-corrected chi connectivity index (χ1v) is 13.9. The van der Waals surface area contributed by atoms with E-state index in [-0.39, 0.29) is 24.1 Å². The summed E-state index contributed by atoms with van der Waals surface area (Å²) >= 11 is 0. The number of hydrogen-bond acceptors (Lipinski definition) is 4. The van der Waals surface area contributed by atoms with Crippen LogP contribution in [0.15, 0.2) is 48.5 Å². The quantitative estimate of drug-likeness (QED) is 0.491. The van der Waals surface area contributed by atoms with Crippen LogP contribution in [0.5, 0.6) is 0 Å². The lowest BCUT2D eigenvalue weighted by Gasteiger charge is -2.66. The Bertz CT molecular complexity index is 1350. The number of fused-ring (bicyclic) bond motifs is 4. The molecular formula is C32H40N4O2. The number of carbonyl (C=O) groups is 2. The van der Waals surface area contributed by atoms with E-state index in [1.807, 2.05) is 0 Å². The third-order valence-corrected chi connectivity index (χ3v) is 12.7. The molecular weight excluding hydrogens is 472 g/mol. The highest BCUT2D eigenvalue weighted by molar-refractivity contribution is 5.96. The molecule has 0 radical (unpaired) electrons. The zero-order valence-corrected chi connectivity index (χ0v) is 24.4. The molecule has 5 heterocycles. The van der Waals surface area contributed by atoms with Crippen LogP contribution in [-0.4, -0.2) is 48.0 Å². The lowest BCUT2D eigenvalue weighted by molar-refractivity contribution is -0.191. The molecule has 7 rings (SSSR count). The smallest absolute Gasteiger partial charge is 0.231 e. The molecule has 0 aliphatic carbocycles. The van der Waals surface area contributed by atoms with Gasteiger partial charge in [0.1, 0.15) is 23.4 Å². The SMILES string of the molecule is CN1c2ccccc2[C@]23C1N1C(=O)C(C)(C)C(C)(C)[C@]14c1ccccc1N(C)C4N2C(=O)C(C)(C)C3(C)C. The summed E-state index contributed by atoms with van der Waals surface area (Å²) < 4.78 is 0. The van der Waals surface area contributed by atoms with Crippen molar-refractivity contribution in [1.82, 2.24) is 9.80 Å². The van der Waals surface area contributed by atoms with Gasteiger partial charge in [0.25, 0.3) is 0 Å². The molecule has 38 heavy (non-hydrogen) atoms. The summed E-state index contributed by atoms with van der Waals surface area (Å²) in [5.41, 5.74) is 0.763. The number of likely N-dealkylation sites (N-methyl/N-ethyl adjacent to an activating group) is 2. The second-order valence-electron chi connectivity index (χ2n) is 14.4. The van der Waals surface area contributed by atoms with Crippen molar-refractivity contribution in [2.45, 2.75) is 78.8 Å². The molecule has 0 N–H and O–H groups in total. The zero-order valence-electron chi connectivity index (χ0n) is 24.4. The van der Waals surface area contributed by atoms with Gasteiger partial charge >= 0.3 is 0 Å². The van der Waals surface area contributed by atoms with Gasteiger partial charge in [-0.25, -0.2) is 0 Å². The number of benzene rings is 2. The molecule has 0 aromatic heterocycles. The van der Waals surface area contributed by atoms with Crippen LogP contribution in [0.25, 0.3) is 0 Å². The third-order valence-electron chi connectivity index (χ3n) is 12.7. The van der Waals surface area contributed by atoms with E-state index in [2.05, 4.69) is 138 Å². The summed E-state index contributed by atoms with van der Waals surface area (Å²) in [4.78, 5) is 39.1. The number of hydrogen-bond donors (Lipinski definition) is 0. The van der Waals surface area contributed by atoms with Crippen molar-refractivity contribution in [3.8, 4) is 0 Å². The van der Waals surface area contributed by atoms with Gasteiger partial charge in [-0.3, -0.25) is 9.59 Å². The van der Waals surface area contributed by atoms with Crippen LogP contribution in [0.4, 0.5) is 11.4 Å². The average molecular weight is 513 g/mol. The molecule has 2 aromatic rings. The Morgan fingerprint density at radius 3 is 1.21 bits per heavy atom. The molecule has 2 spiro atoms. The molecule has 5 aliphatic rings. The minimum absolute atomic E-state index is 0.161. The van der Waals surface area contributed by atoms with E-state index in [1.165, 1.54) is 0 Å². The highest BCUT2D eigenvalue weighted by Crippen LogP contribution is 2.78. The van der Waals surface area contributed by atoms with Gasteiger partial charge in [-0.15, -0.1) is 0 Å². The molecule has 200 valence electrons. The maximum atomic E-state index is 15.0. The van der Waals surface area contributed by atoms with Crippen LogP contribution >= 0.6 is 0 Å². The van der Waals surface area contributed by atoms with Crippen molar-refractivity contribution < 1.29 is 9.59 Å². The van der Waals surface area contributed by atoms with E-state index in [9.17, 15) is 9.59 Å². The van der Waals surface area contributed by atoms with E-state index >= 15 is 0 Å². The Morgan fingerprint density at radius 1 is 0.553 bits per heavy atom. The normalized spacial score (nSPS) is 36.1. The van der Waals surface area contributed by atoms with Crippen LogP contribution in [0.2, 0.25) is 0 Å². The number of nitrogens with zero attached hydrogens (tertiary/aromatic N) is 4. The second-order valence-corrected chi connectivity index (χ2v) is 14.4. The number of carbonyl (C=O) groups excluding carboxylic acids is 2. The average Bonchev–Trinajstić information content (AvgIpc) is 3.38. The van der Waals surface area contributed by atoms with E-state index in [0.717, 1.165) is 22.5 Å². The molecule has 2 aromatic carbocycles. The van der Waals surface area contributed by atoms with Gasteiger partial charge < -0.3 is 19.6 Å². The maximum Gasteiger partial charge on any atom is 0.231 e. The van der Waals surface area contributed by atoms with E-state index < -0.39 is 32.7 Å². The van der Waals surface area contributed by atoms with Crippen molar-refractivity contribution in [1.29, 1.82) is 0 Å². The first-order valence-electron chi connectivity index (χ1n) is 13.9. The fourth-order valence-corrected chi connectivity index (χ4v) is 9.48. The molecule has 0 bridgehead atoms. The van der Waals surface area contributed by atoms with Crippen LogP contribution < -0.4 is 9.80 Å². The Balaban J connectivity index is 1.71. The predicted octanol–water partition coefficient (Wildman–Crippen LogP) is 5.13. The number of para-hydroxylation sites is 2. The molecule has 0 saturated carbocycles. The van der Waals surface area contributed by atoms with Gasteiger partial charge in [-0.1, -0.05) is 91.8 Å². The van der Waals surface area contributed by atoms with Crippen LogP contribution in [0, 0.1) is 21.7 Å². The lowest BCUT2D eigenvalue weighted by atomic mass is 9.55. The molecule has 6 nitrogen and oxygen atoms in total. The van der Waals surface area contributed by atoms with Crippen LogP contribution in [0.3, 0.4) is 0 Å². The first kappa shape index (κ1) is 24.1. The van der Waals surface area contributed by atoms with Gasteiger partial charge in [0, 0.05) is 47.4 Å². The second kappa shape index (κ2) is 6.24. The molecule has 5 aliphatic heterocycles. The van der Waals surface area contributed by atoms with Crippen molar-refractivity contribution in [3.05, 3.63) is 59.7 Å². The van der Waals surface area contributed by atoms with Crippen molar-refractivity contribution in [3.63, 3.8) is 0 Å². The molecule has 4 atom stereocenters. The maximum absolute atomic E-state index is 15.0. The summed E-state index contributed by atoms with van der Waals surface area (Å²) in [5.74, 6) is 0.323. The summed E-state index contributed by atoms with van der Waals surface area (Å²) in [7, 11) is 4.24. The van der Waals surface area contributed by atoms with E-state index in [0.29, 0.717) is 0 Å². The fourth-order valence-electron chi connectivity index (χ4n) is 9.48. The molecule has 2 unspecified atom stereocenters. The van der Waals surface area contributed by atoms with Gasteiger partial charge in [0.15, 0.2) is 0 Å². The number of anilines is 2. The van der Waals surface area contributed by atoms with Gasteiger partial charge in [-0.2, -0.15) is 0 Å². The zero-order chi connectivity index (χ0) is 27.6. The van der Waals surface area contributed by atoms with Gasteiger partial charge in [-0.05, 0) is 12.1 Å². The highest BCUT2D eigenvalue weighted by atomic mass is 16.2. The summed E-state index contributed by atoms with van der Waals surface area (Å²) in [6.07, 6.45) is -0.685. The van der Waals surface area contributed by atoms with Crippen molar-refractivity contribution in [2.24, 2.45) is 21.7 Å². The Kier molecular flexibility index (Phi) is 3.95. The Hall–Kier alpha value is -3.02. The predicted molar refractivity (Wildman–Crippen MR) is 149 cm³/mol. The fraction of sp³-hybridized carbons (Fsp3) is 0.562. The van der Waals surface area contributed by atoms with Crippen LogP contribution in [0.1, 0.15) is 66.5 Å². The standard InChI is InChI=1S/C32H40N4O2/c1-27(2)25(37)35-24-32(20-16-12-14-18-22(20)34(24)10)30(7,8)28(3,4)26(38)36(32)23-31(35,29(27,5)6)19-15-11-13-17-21(19)33(23)9/h11-18,23-24H,1-10H3/t23?,24?,31-,32-/m1/s1. The van der Waals surface area contributed by atoms with Crippen molar-refractivity contribution >= 4 is 23.2 Å². The molecule has 3 saturated heterocycles. The highest BCUT2D eigenvalue weighted by Gasteiger charge is 2.88. The van der Waals surface area contributed by atoms with Gasteiger partial charge in [0.05, 0.1) is 10.8 Å². The van der Waals surface area contributed by atoms with Crippen molar-refractivity contribution in [2.75, 3.05) is 23.9 Å². The largest absolute Gasteiger partial charge is 0.352 e. The number of rotatable bonds is 0. The first-order chi connectivity index (χ1) is 17.6. The Morgan fingerprint density at radius 2 is 0.868 bits per heavy atom. The van der Waals surface area contributed by atoms with E-state index in [1.54, 1.807) is 0 Å².